The number of benzene rings is 2. The number of halogens is 1. The van der Waals surface area contributed by atoms with Crippen LogP contribution in [0.15, 0.2) is 40.9 Å². The van der Waals surface area contributed by atoms with Crippen LogP contribution in [0.2, 0.25) is 0 Å². The summed E-state index contributed by atoms with van der Waals surface area (Å²) >= 11 is 3.60. The number of nitrogens with one attached hydrogen (secondary N) is 1. The summed E-state index contributed by atoms with van der Waals surface area (Å²) in [7, 11) is 1.67. The van der Waals surface area contributed by atoms with Crippen molar-refractivity contribution in [3.8, 4) is 11.5 Å². The Kier molecular flexibility index (Phi) is 6.48. The second-order valence-corrected chi connectivity index (χ2v) is 6.77. The van der Waals surface area contributed by atoms with Crippen molar-refractivity contribution in [3.05, 3.63) is 57.6 Å². The molecule has 23 heavy (non-hydrogen) atoms. The summed E-state index contributed by atoms with van der Waals surface area (Å²) in [5, 5.41) is 3.41. The van der Waals surface area contributed by atoms with Gasteiger partial charge >= 0.3 is 0 Å². The topological polar surface area (TPSA) is 30.5 Å². The standard InChI is InChI=1S/C19H24BrNO2/c1-13(2)21-11-16-9-17(20)19(18(10-16)22-4)23-12-15-7-5-14(3)6-8-15/h5-10,13,21H,11-12H2,1-4H3. The maximum atomic E-state index is 5.97. The molecule has 2 aromatic rings. The zero-order chi connectivity index (χ0) is 16.8. The SMILES string of the molecule is COc1cc(CNC(C)C)cc(Br)c1OCc1ccc(C)cc1. The molecule has 2 aromatic carbocycles. The zero-order valence-corrected chi connectivity index (χ0v) is 15.7. The minimum atomic E-state index is 0.442. The van der Waals surface area contributed by atoms with Crippen LogP contribution in [0.3, 0.4) is 0 Å². The Balaban J connectivity index is 2.12. The van der Waals surface area contributed by atoms with Gasteiger partial charge in [-0.15, -0.1) is 0 Å². The molecule has 0 unspecified atom stereocenters. The third-order valence-electron chi connectivity index (χ3n) is 3.51. The van der Waals surface area contributed by atoms with Crippen LogP contribution in [0.1, 0.15) is 30.5 Å². The normalized spacial score (nSPS) is 10.9. The van der Waals surface area contributed by atoms with Crippen molar-refractivity contribution in [3.63, 3.8) is 0 Å². The van der Waals surface area contributed by atoms with Gasteiger partial charge in [-0.3, -0.25) is 0 Å². The summed E-state index contributed by atoms with van der Waals surface area (Å²) in [6.45, 7) is 7.65. The minimum Gasteiger partial charge on any atom is -0.493 e. The number of hydrogen-bond acceptors (Lipinski definition) is 3. The highest BCUT2D eigenvalue weighted by Gasteiger charge is 2.12. The van der Waals surface area contributed by atoms with E-state index in [9.17, 15) is 0 Å². The lowest BCUT2D eigenvalue weighted by Crippen LogP contribution is -2.21. The highest BCUT2D eigenvalue weighted by atomic mass is 79.9. The van der Waals surface area contributed by atoms with E-state index in [4.69, 9.17) is 9.47 Å². The highest BCUT2D eigenvalue weighted by molar-refractivity contribution is 9.10. The molecule has 0 aliphatic heterocycles. The second kappa shape index (κ2) is 8.37. The van der Waals surface area contributed by atoms with E-state index in [1.165, 1.54) is 5.56 Å². The van der Waals surface area contributed by atoms with Crippen molar-refractivity contribution < 1.29 is 9.47 Å². The van der Waals surface area contributed by atoms with Crippen LogP contribution >= 0.6 is 15.9 Å². The van der Waals surface area contributed by atoms with Gasteiger partial charge in [-0.05, 0) is 46.1 Å². The average Bonchev–Trinajstić information content (AvgIpc) is 2.53. The number of ether oxygens (including phenoxy) is 2. The van der Waals surface area contributed by atoms with E-state index >= 15 is 0 Å². The lowest BCUT2D eigenvalue weighted by Gasteiger charge is -2.15. The number of hydrogen-bond donors (Lipinski definition) is 1. The molecule has 0 bridgehead atoms. The molecule has 0 radical (unpaired) electrons. The fraction of sp³-hybridized carbons (Fsp3) is 0.368. The van der Waals surface area contributed by atoms with Gasteiger partial charge in [0.1, 0.15) is 6.61 Å². The highest BCUT2D eigenvalue weighted by Crippen LogP contribution is 2.37. The predicted octanol–water partition coefficient (Wildman–Crippen LogP) is 4.84. The van der Waals surface area contributed by atoms with Gasteiger partial charge in [-0.1, -0.05) is 43.7 Å². The van der Waals surface area contributed by atoms with E-state index < -0.39 is 0 Å². The molecule has 2 rings (SSSR count). The maximum Gasteiger partial charge on any atom is 0.175 e. The summed E-state index contributed by atoms with van der Waals surface area (Å²) in [5.74, 6) is 1.48. The molecule has 124 valence electrons. The Morgan fingerprint density at radius 1 is 1.09 bits per heavy atom. The van der Waals surface area contributed by atoms with Crippen LogP contribution in [0.5, 0.6) is 11.5 Å². The van der Waals surface area contributed by atoms with Crippen LogP contribution in [-0.2, 0) is 13.2 Å². The zero-order valence-electron chi connectivity index (χ0n) is 14.2. The Bertz CT molecular complexity index is 639. The van der Waals surface area contributed by atoms with Gasteiger partial charge in [0.2, 0.25) is 0 Å². The molecule has 0 atom stereocenters. The van der Waals surface area contributed by atoms with E-state index in [1.807, 2.05) is 6.07 Å². The molecule has 0 heterocycles. The smallest absolute Gasteiger partial charge is 0.175 e. The van der Waals surface area contributed by atoms with Crippen molar-refractivity contribution in [1.29, 1.82) is 0 Å². The first kappa shape index (κ1) is 17.8. The van der Waals surface area contributed by atoms with Crippen LogP contribution in [0, 0.1) is 6.92 Å². The Labute approximate surface area is 147 Å². The first-order chi connectivity index (χ1) is 11.0. The summed E-state index contributed by atoms with van der Waals surface area (Å²) in [5.41, 5.74) is 3.54. The molecule has 0 saturated heterocycles. The Morgan fingerprint density at radius 3 is 2.39 bits per heavy atom. The molecule has 3 nitrogen and oxygen atoms in total. The minimum absolute atomic E-state index is 0.442. The van der Waals surface area contributed by atoms with Gasteiger partial charge in [0.15, 0.2) is 11.5 Å². The van der Waals surface area contributed by atoms with Crippen molar-refractivity contribution in [2.45, 2.75) is 40.0 Å². The Morgan fingerprint density at radius 2 is 1.78 bits per heavy atom. The number of methoxy groups -OCH3 is 1. The predicted molar refractivity (Wildman–Crippen MR) is 98.2 cm³/mol. The van der Waals surface area contributed by atoms with Crippen LogP contribution in [0.25, 0.3) is 0 Å². The van der Waals surface area contributed by atoms with Gasteiger partial charge in [0.05, 0.1) is 11.6 Å². The molecule has 0 aliphatic carbocycles. The van der Waals surface area contributed by atoms with Gasteiger partial charge < -0.3 is 14.8 Å². The maximum absolute atomic E-state index is 5.97. The van der Waals surface area contributed by atoms with Crippen molar-refractivity contribution >= 4 is 15.9 Å². The van der Waals surface area contributed by atoms with Gasteiger partial charge in [0, 0.05) is 12.6 Å². The lowest BCUT2D eigenvalue weighted by molar-refractivity contribution is 0.282. The molecule has 0 spiro atoms. The van der Waals surface area contributed by atoms with E-state index in [0.717, 1.165) is 33.6 Å². The van der Waals surface area contributed by atoms with Gasteiger partial charge in [-0.2, -0.15) is 0 Å². The van der Waals surface area contributed by atoms with Crippen LogP contribution < -0.4 is 14.8 Å². The molecular formula is C19H24BrNO2. The van der Waals surface area contributed by atoms with E-state index in [-0.39, 0.29) is 0 Å². The number of rotatable bonds is 7. The quantitative estimate of drug-likeness (QED) is 0.748. The fourth-order valence-electron chi connectivity index (χ4n) is 2.18. The molecule has 1 N–H and O–H groups in total. The number of aryl methyl sites for hydroxylation is 1. The van der Waals surface area contributed by atoms with E-state index in [2.05, 4.69) is 72.3 Å². The van der Waals surface area contributed by atoms with Crippen molar-refractivity contribution in [1.82, 2.24) is 5.32 Å². The van der Waals surface area contributed by atoms with Crippen molar-refractivity contribution in [2.75, 3.05) is 7.11 Å². The molecule has 0 aliphatic rings. The van der Waals surface area contributed by atoms with Crippen LogP contribution in [-0.4, -0.2) is 13.2 Å². The molecule has 0 amide bonds. The third-order valence-corrected chi connectivity index (χ3v) is 4.10. The van der Waals surface area contributed by atoms with Crippen LogP contribution in [0.4, 0.5) is 0 Å². The lowest BCUT2D eigenvalue weighted by atomic mass is 10.1. The summed E-state index contributed by atoms with van der Waals surface area (Å²) < 4.78 is 12.4. The first-order valence-corrected chi connectivity index (χ1v) is 8.57. The van der Waals surface area contributed by atoms with Gasteiger partial charge in [-0.25, -0.2) is 0 Å². The molecule has 4 heteroatoms. The fourth-order valence-corrected chi connectivity index (χ4v) is 2.78. The molecule has 0 aromatic heterocycles. The Hall–Kier alpha value is -1.52. The summed E-state index contributed by atoms with van der Waals surface area (Å²) in [6.07, 6.45) is 0. The van der Waals surface area contributed by atoms with E-state index in [1.54, 1.807) is 7.11 Å². The van der Waals surface area contributed by atoms with Crippen molar-refractivity contribution in [2.24, 2.45) is 0 Å². The largest absolute Gasteiger partial charge is 0.493 e. The molecule has 0 fully saturated rings. The first-order valence-electron chi connectivity index (χ1n) is 7.77. The monoisotopic (exact) mass is 377 g/mol. The molecular weight excluding hydrogens is 354 g/mol. The summed E-state index contributed by atoms with van der Waals surface area (Å²) in [4.78, 5) is 0. The van der Waals surface area contributed by atoms with E-state index in [0.29, 0.717) is 12.6 Å². The molecule has 0 saturated carbocycles. The average molecular weight is 378 g/mol. The van der Waals surface area contributed by atoms with Gasteiger partial charge in [0.25, 0.3) is 0 Å². The third kappa shape index (κ3) is 5.26. The summed E-state index contributed by atoms with van der Waals surface area (Å²) in [6, 6.07) is 12.9. The second-order valence-electron chi connectivity index (χ2n) is 5.92.